The summed E-state index contributed by atoms with van der Waals surface area (Å²) in [4.78, 5) is 0. The predicted octanol–water partition coefficient (Wildman–Crippen LogP) is 0.462. The summed E-state index contributed by atoms with van der Waals surface area (Å²) in [5.74, 6) is 0. The molecule has 0 amide bonds. The van der Waals surface area contributed by atoms with Gasteiger partial charge in [0.05, 0.1) is 0 Å². The summed E-state index contributed by atoms with van der Waals surface area (Å²) < 4.78 is 0. The number of hydrogen-bond donors (Lipinski definition) is 3. The minimum atomic E-state index is 0.264. The SMILES string of the molecule is N[C-](NO)c1ccccc1. The summed E-state index contributed by atoms with van der Waals surface area (Å²) in [6.07, 6.45) is 0.264. The van der Waals surface area contributed by atoms with Gasteiger partial charge in [-0.2, -0.15) is 17.7 Å². The van der Waals surface area contributed by atoms with E-state index >= 15 is 0 Å². The molecule has 0 saturated heterocycles. The van der Waals surface area contributed by atoms with Crippen molar-refractivity contribution >= 4 is 0 Å². The molecule has 0 saturated carbocycles. The maximum atomic E-state index is 8.38. The molecule has 1 aromatic carbocycles. The summed E-state index contributed by atoms with van der Waals surface area (Å²) in [6, 6.07) is 9.18. The Hall–Kier alpha value is -1.03. The van der Waals surface area contributed by atoms with Gasteiger partial charge in [-0.3, -0.25) is 0 Å². The van der Waals surface area contributed by atoms with E-state index in [1.807, 2.05) is 23.7 Å². The third kappa shape index (κ3) is 1.48. The van der Waals surface area contributed by atoms with Gasteiger partial charge in [0.1, 0.15) is 0 Å². The minimum Gasteiger partial charge on any atom is -0.344 e. The number of hydrogen-bond acceptors (Lipinski definition) is 3. The molecular weight excluding hydrogens is 128 g/mol. The van der Waals surface area contributed by atoms with E-state index in [1.54, 1.807) is 12.1 Å². The molecule has 0 spiro atoms. The summed E-state index contributed by atoms with van der Waals surface area (Å²) in [5, 5.41) is 8.38. The topological polar surface area (TPSA) is 58.3 Å². The molecule has 0 aliphatic rings. The van der Waals surface area contributed by atoms with Crippen molar-refractivity contribution in [2.75, 3.05) is 0 Å². The van der Waals surface area contributed by atoms with Crippen LogP contribution in [0, 0.1) is 6.17 Å². The van der Waals surface area contributed by atoms with Crippen LogP contribution in [-0.4, -0.2) is 5.21 Å². The van der Waals surface area contributed by atoms with E-state index < -0.39 is 0 Å². The molecule has 0 radical (unpaired) electrons. The van der Waals surface area contributed by atoms with Crippen molar-refractivity contribution < 1.29 is 5.21 Å². The number of nitrogens with one attached hydrogen (secondary N) is 1. The van der Waals surface area contributed by atoms with Crippen LogP contribution in [-0.2, 0) is 0 Å². The molecule has 0 heterocycles. The van der Waals surface area contributed by atoms with Crippen molar-refractivity contribution in [2.45, 2.75) is 0 Å². The standard InChI is InChI=1S/C7H9N2O/c8-7(9-10)6-4-2-1-3-5-6/h1-5,9-10H,8H2/q-1. The largest absolute Gasteiger partial charge is 0.344 e. The van der Waals surface area contributed by atoms with Gasteiger partial charge in [-0.25, -0.2) is 5.48 Å². The van der Waals surface area contributed by atoms with Crippen LogP contribution in [0.2, 0.25) is 0 Å². The zero-order chi connectivity index (χ0) is 7.40. The fourth-order valence-electron chi connectivity index (χ4n) is 0.682. The lowest BCUT2D eigenvalue weighted by Gasteiger charge is -2.16. The Bertz CT molecular complexity index is 188. The van der Waals surface area contributed by atoms with Crippen molar-refractivity contribution in [1.29, 1.82) is 0 Å². The lowest BCUT2D eigenvalue weighted by Crippen LogP contribution is -2.26. The zero-order valence-electron chi connectivity index (χ0n) is 5.41. The lowest BCUT2D eigenvalue weighted by molar-refractivity contribution is 0.178. The second-order valence-corrected chi connectivity index (χ2v) is 1.89. The number of nitrogens with two attached hydrogens (primary N) is 1. The molecule has 1 rings (SSSR count). The van der Waals surface area contributed by atoms with Crippen molar-refractivity contribution in [3.8, 4) is 0 Å². The Morgan fingerprint density at radius 3 is 2.40 bits per heavy atom. The summed E-state index contributed by atoms with van der Waals surface area (Å²) in [5.41, 5.74) is 8.01. The minimum absolute atomic E-state index is 0.264. The zero-order valence-corrected chi connectivity index (χ0v) is 5.41. The maximum absolute atomic E-state index is 8.38. The molecule has 0 fully saturated rings. The molecule has 0 unspecified atom stereocenters. The van der Waals surface area contributed by atoms with E-state index in [4.69, 9.17) is 10.9 Å². The van der Waals surface area contributed by atoms with Crippen LogP contribution in [0.1, 0.15) is 5.56 Å². The number of benzene rings is 1. The molecule has 0 aliphatic carbocycles. The average molecular weight is 137 g/mol. The first-order valence-electron chi connectivity index (χ1n) is 2.92. The van der Waals surface area contributed by atoms with Gasteiger partial charge < -0.3 is 10.9 Å². The Morgan fingerprint density at radius 2 is 1.90 bits per heavy atom. The third-order valence-electron chi connectivity index (χ3n) is 1.21. The molecule has 1 aromatic rings. The molecule has 4 N–H and O–H groups in total. The summed E-state index contributed by atoms with van der Waals surface area (Å²) >= 11 is 0. The molecule has 3 nitrogen and oxygen atoms in total. The Morgan fingerprint density at radius 1 is 1.30 bits per heavy atom. The molecule has 10 heavy (non-hydrogen) atoms. The number of rotatable bonds is 2. The van der Waals surface area contributed by atoms with Crippen molar-refractivity contribution in [3.63, 3.8) is 0 Å². The van der Waals surface area contributed by atoms with E-state index in [0.29, 0.717) is 0 Å². The van der Waals surface area contributed by atoms with Crippen LogP contribution < -0.4 is 11.2 Å². The molecule has 0 aliphatic heterocycles. The first kappa shape index (κ1) is 7.08. The van der Waals surface area contributed by atoms with Gasteiger partial charge in [-0.1, -0.05) is 6.07 Å². The van der Waals surface area contributed by atoms with Crippen LogP contribution in [0.25, 0.3) is 0 Å². The smallest absolute Gasteiger partial charge is 0.0241 e. The van der Waals surface area contributed by atoms with Crippen LogP contribution in [0.4, 0.5) is 0 Å². The first-order valence-corrected chi connectivity index (χ1v) is 2.92. The van der Waals surface area contributed by atoms with Gasteiger partial charge in [0, 0.05) is 0 Å². The Balaban J connectivity index is 2.75. The van der Waals surface area contributed by atoms with Gasteiger partial charge in [0.15, 0.2) is 0 Å². The highest BCUT2D eigenvalue weighted by Gasteiger charge is 1.89. The molecular formula is C7H9N2O-. The summed E-state index contributed by atoms with van der Waals surface area (Å²) in [7, 11) is 0. The normalized spacial score (nSPS) is 9.40. The second kappa shape index (κ2) is 3.22. The van der Waals surface area contributed by atoms with E-state index in [1.165, 1.54) is 0 Å². The van der Waals surface area contributed by atoms with Crippen molar-refractivity contribution in [1.82, 2.24) is 5.48 Å². The fourth-order valence-corrected chi connectivity index (χ4v) is 0.682. The van der Waals surface area contributed by atoms with Crippen LogP contribution >= 0.6 is 0 Å². The predicted molar refractivity (Wildman–Crippen MR) is 37.9 cm³/mol. The Labute approximate surface area is 59.4 Å². The highest BCUT2D eigenvalue weighted by molar-refractivity contribution is 5.26. The maximum Gasteiger partial charge on any atom is -0.0241 e. The lowest BCUT2D eigenvalue weighted by atomic mass is 10.2. The van der Waals surface area contributed by atoms with E-state index in [0.717, 1.165) is 5.56 Å². The van der Waals surface area contributed by atoms with Gasteiger partial charge in [0.2, 0.25) is 0 Å². The fraction of sp³-hybridized carbons (Fsp3) is 0. The van der Waals surface area contributed by atoms with E-state index in [2.05, 4.69) is 0 Å². The second-order valence-electron chi connectivity index (χ2n) is 1.89. The van der Waals surface area contributed by atoms with Gasteiger partial charge >= 0.3 is 0 Å². The number of hydroxylamine groups is 1. The van der Waals surface area contributed by atoms with E-state index in [9.17, 15) is 0 Å². The highest BCUT2D eigenvalue weighted by Crippen LogP contribution is 2.03. The quantitative estimate of drug-likeness (QED) is 0.410. The Kier molecular flexibility index (Phi) is 2.28. The molecule has 0 bridgehead atoms. The molecule has 54 valence electrons. The monoisotopic (exact) mass is 137 g/mol. The molecule has 3 heteroatoms. The van der Waals surface area contributed by atoms with Crippen molar-refractivity contribution in [3.05, 3.63) is 42.1 Å². The van der Waals surface area contributed by atoms with Crippen LogP contribution in [0.15, 0.2) is 30.3 Å². The highest BCUT2D eigenvalue weighted by atomic mass is 16.5. The molecule has 0 atom stereocenters. The van der Waals surface area contributed by atoms with Gasteiger partial charge in [0.25, 0.3) is 0 Å². The average Bonchev–Trinajstić information content (AvgIpc) is 2.05. The van der Waals surface area contributed by atoms with Crippen LogP contribution in [0.3, 0.4) is 0 Å². The third-order valence-corrected chi connectivity index (χ3v) is 1.21. The van der Waals surface area contributed by atoms with Crippen molar-refractivity contribution in [2.24, 2.45) is 5.73 Å². The van der Waals surface area contributed by atoms with Gasteiger partial charge in [-0.15, -0.1) is 12.1 Å². The van der Waals surface area contributed by atoms with E-state index in [-0.39, 0.29) is 6.17 Å². The van der Waals surface area contributed by atoms with Gasteiger partial charge in [-0.05, 0) is 6.17 Å². The molecule has 0 aromatic heterocycles. The van der Waals surface area contributed by atoms with Crippen LogP contribution in [0.5, 0.6) is 0 Å². The summed E-state index contributed by atoms with van der Waals surface area (Å²) in [6.45, 7) is 0. The first-order chi connectivity index (χ1) is 4.84.